The third kappa shape index (κ3) is 1.61. The summed E-state index contributed by atoms with van der Waals surface area (Å²) in [6.07, 6.45) is 2.00. The van der Waals surface area contributed by atoms with Crippen LogP contribution in [0.5, 0.6) is 0 Å². The topological polar surface area (TPSA) is 22.1 Å². The van der Waals surface area contributed by atoms with E-state index in [9.17, 15) is 0 Å². The lowest BCUT2D eigenvalue weighted by molar-refractivity contribution is -0.130. The Morgan fingerprint density at radius 1 is 1.24 bits per heavy atom. The first-order valence-electron chi connectivity index (χ1n) is 6.55. The Bertz CT molecular complexity index is 415. The van der Waals surface area contributed by atoms with Crippen molar-refractivity contribution >= 4 is 0 Å². The zero-order valence-corrected chi connectivity index (χ0v) is 11.7. The van der Waals surface area contributed by atoms with Crippen molar-refractivity contribution in [1.29, 1.82) is 0 Å². The smallest absolute Gasteiger partial charge is 0.101 e. The van der Waals surface area contributed by atoms with Gasteiger partial charge in [-0.25, -0.2) is 0 Å². The molecule has 2 heteroatoms. The number of pyridine rings is 1. The number of nitrogens with zero attached hydrogens (tertiary/aromatic N) is 1. The average molecular weight is 233 g/mol. The Morgan fingerprint density at radius 2 is 1.82 bits per heavy atom. The Morgan fingerprint density at radius 3 is 2.35 bits per heavy atom. The molecule has 1 aliphatic rings. The molecule has 1 atom stereocenters. The van der Waals surface area contributed by atoms with Gasteiger partial charge in [0, 0.05) is 11.8 Å². The van der Waals surface area contributed by atoms with Crippen LogP contribution in [-0.4, -0.2) is 4.98 Å². The first-order chi connectivity index (χ1) is 7.91. The molecule has 94 valence electrons. The summed E-state index contributed by atoms with van der Waals surface area (Å²) in [5, 5.41) is 0. The van der Waals surface area contributed by atoms with Crippen molar-refractivity contribution in [3.63, 3.8) is 0 Å². The Balaban J connectivity index is 2.69. The first-order valence-corrected chi connectivity index (χ1v) is 6.55. The van der Waals surface area contributed by atoms with Crippen molar-refractivity contribution in [2.75, 3.05) is 0 Å². The van der Waals surface area contributed by atoms with Gasteiger partial charge in [0.2, 0.25) is 0 Å². The monoisotopic (exact) mass is 233 g/mol. The van der Waals surface area contributed by atoms with E-state index in [0.717, 1.165) is 5.69 Å². The third-order valence-electron chi connectivity index (χ3n) is 4.05. The van der Waals surface area contributed by atoms with Gasteiger partial charge in [-0.05, 0) is 37.3 Å². The SMILES string of the molecule is Cc1ccnc2c1C(C(C)C)(C(C)C)OC2C. The van der Waals surface area contributed by atoms with Crippen molar-refractivity contribution in [1.82, 2.24) is 4.98 Å². The molecule has 1 aliphatic heterocycles. The number of ether oxygens (including phenoxy) is 1. The van der Waals surface area contributed by atoms with Gasteiger partial charge in [0.15, 0.2) is 0 Å². The maximum atomic E-state index is 6.36. The van der Waals surface area contributed by atoms with Crippen LogP contribution in [0.15, 0.2) is 12.3 Å². The lowest BCUT2D eigenvalue weighted by Gasteiger charge is -2.38. The second-order valence-corrected chi connectivity index (χ2v) is 5.75. The van der Waals surface area contributed by atoms with E-state index in [-0.39, 0.29) is 11.7 Å². The van der Waals surface area contributed by atoms with E-state index in [1.165, 1.54) is 11.1 Å². The molecule has 0 saturated carbocycles. The summed E-state index contributed by atoms with van der Waals surface area (Å²) < 4.78 is 6.36. The maximum Gasteiger partial charge on any atom is 0.101 e. The fraction of sp³-hybridized carbons (Fsp3) is 0.667. The molecule has 0 bridgehead atoms. The lowest BCUT2D eigenvalue weighted by Crippen LogP contribution is -2.38. The third-order valence-corrected chi connectivity index (χ3v) is 4.05. The number of hydrogen-bond donors (Lipinski definition) is 0. The van der Waals surface area contributed by atoms with Crippen molar-refractivity contribution in [3.8, 4) is 0 Å². The molecule has 0 radical (unpaired) electrons. The highest BCUT2D eigenvalue weighted by molar-refractivity contribution is 5.40. The van der Waals surface area contributed by atoms with Crippen LogP contribution in [0, 0.1) is 18.8 Å². The van der Waals surface area contributed by atoms with Crippen molar-refractivity contribution in [2.45, 2.75) is 53.2 Å². The molecule has 2 rings (SSSR count). The minimum atomic E-state index is -0.174. The van der Waals surface area contributed by atoms with Crippen molar-refractivity contribution in [2.24, 2.45) is 11.8 Å². The number of aromatic nitrogens is 1. The molecule has 2 heterocycles. The summed E-state index contributed by atoms with van der Waals surface area (Å²) in [5.74, 6) is 0.906. The molecule has 0 N–H and O–H groups in total. The molecule has 0 fully saturated rings. The van der Waals surface area contributed by atoms with Gasteiger partial charge in [-0.2, -0.15) is 0 Å². The van der Waals surface area contributed by atoms with Crippen molar-refractivity contribution < 1.29 is 4.74 Å². The van der Waals surface area contributed by atoms with Crippen LogP contribution in [0.4, 0.5) is 0 Å². The van der Waals surface area contributed by atoms with Crippen LogP contribution >= 0.6 is 0 Å². The zero-order chi connectivity index (χ0) is 12.8. The summed E-state index contributed by atoms with van der Waals surface area (Å²) >= 11 is 0. The minimum Gasteiger partial charge on any atom is -0.360 e. The molecular formula is C15H23NO. The van der Waals surface area contributed by atoms with Crippen LogP contribution in [-0.2, 0) is 10.3 Å². The highest BCUT2D eigenvalue weighted by Gasteiger charge is 2.49. The summed E-state index contributed by atoms with van der Waals surface area (Å²) in [5.41, 5.74) is 3.60. The first kappa shape index (κ1) is 12.6. The standard InChI is InChI=1S/C15H23NO/c1-9(2)15(10(3)4)13-11(5)7-8-16-14(13)12(6)17-15/h7-10,12H,1-6H3. The highest BCUT2D eigenvalue weighted by atomic mass is 16.5. The summed E-state index contributed by atoms with van der Waals surface area (Å²) in [4.78, 5) is 4.54. The molecule has 0 amide bonds. The van der Waals surface area contributed by atoms with Crippen LogP contribution in [0.3, 0.4) is 0 Å². The van der Waals surface area contributed by atoms with Crippen LogP contribution in [0.25, 0.3) is 0 Å². The number of hydrogen-bond acceptors (Lipinski definition) is 2. The largest absolute Gasteiger partial charge is 0.360 e. The van der Waals surface area contributed by atoms with E-state index in [4.69, 9.17) is 4.74 Å². The van der Waals surface area contributed by atoms with Gasteiger partial charge in [0.05, 0.1) is 11.8 Å². The molecule has 17 heavy (non-hydrogen) atoms. The highest BCUT2D eigenvalue weighted by Crippen LogP contribution is 2.52. The predicted molar refractivity (Wildman–Crippen MR) is 69.8 cm³/mol. The van der Waals surface area contributed by atoms with Gasteiger partial charge in [0.25, 0.3) is 0 Å². The van der Waals surface area contributed by atoms with Gasteiger partial charge in [-0.15, -0.1) is 0 Å². The van der Waals surface area contributed by atoms with Gasteiger partial charge in [0.1, 0.15) is 5.60 Å². The van der Waals surface area contributed by atoms with Gasteiger partial charge in [-0.1, -0.05) is 27.7 Å². The van der Waals surface area contributed by atoms with Crippen LogP contribution in [0.2, 0.25) is 0 Å². The fourth-order valence-electron chi connectivity index (χ4n) is 3.32. The summed E-state index contributed by atoms with van der Waals surface area (Å²) in [6.45, 7) is 13.3. The average Bonchev–Trinajstić information content (AvgIpc) is 2.55. The second kappa shape index (κ2) is 4.09. The second-order valence-electron chi connectivity index (χ2n) is 5.75. The van der Waals surface area contributed by atoms with Crippen molar-refractivity contribution in [3.05, 3.63) is 29.1 Å². The van der Waals surface area contributed by atoms with Crippen LogP contribution < -0.4 is 0 Å². The molecule has 1 aromatic rings. The Kier molecular flexibility index (Phi) is 3.03. The van der Waals surface area contributed by atoms with E-state index in [0.29, 0.717) is 11.8 Å². The van der Waals surface area contributed by atoms with E-state index in [1.807, 2.05) is 6.20 Å². The van der Waals surface area contributed by atoms with E-state index < -0.39 is 0 Å². The number of aryl methyl sites for hydroxylation is 1. The predicted octanol–water partition coefficient (Wildman–Crippen LogP) is 3.99. The minimum absolute atomic E-state index is 0.106. The summed E-state index contributed by atoms with van der Waals surface area (Å²) in [7, 11) is 0. The van der Waals surface area contributed by atoms with Gasteiger partial charge in [-0.3, -0.25) is 4.98 Å². The Hall–Kier alpha value is -0.890. The number of fused-ring (bicyclic) bond motifs is 1. The molecule has 2 nitrogen and oxygen atoms in total. The molecule has 0 aromatic carbocycles. The lowest BCUT2D eigenvalue weighted by atomic mass is 9.74. The molecule has 0 saturated heterocycles. The van der Waals surface area contributed by atoms with E-state index >= 15 is 0 Å². The van der Waals surface area contributed by atoms with Crippen LogP contribution in [0.1, 0.15) is 57.5 Å². The fourth-order valence-corrected chi connectivity index (χ4v) is 3.32. The van der Waals surface area contributed by atoms with E-state index in [2.05, 4.69) is 52.6 Å². The normalized spacial score (nSPS) is 22.2. The zero-order valence-electron chi connectivity index (χ0n) is 11.7. The molecule has 1 unspecified atom stereocenters. The molecular weight excluding hydrogens is 210 g/mol. The Labute approximate surface area is 104 Å². The quantitative estimate of drug-likeness (QED) is 0.770. The molecule has 0 spiro atoms. The van der Waals surface area contributed by atoms with Gasteiger partial charge < -0.3 is 4.74 Å². The maximum absolute atomic E-state index is 6.36. The molecule has 1 aromatic heterocycles. The number of rotatable bonds is 2. The molecule has 0 aliphatic carbocycles. The van der Waals surface area contributed by atoms with Gasteiger partial charge >= 0.3 is 0 Å². The summed E-state index contributed by atoms with van der Waals surface area (Å²) in [6, 6.07) is 2.10. The van der Waals surface area contributed by atoms with E-state index in [1.54, 1.807) is 0 Å².